The van der Waals surface area contributed by atoms with Crippen LogP contribution in [0.4, 0.5) is 5.13 Å². The number of oxime groups is 1. The molecule has 2 rings (SSSR count). The van der Waals surface area contributed by atoms with Crippen LogP contribution in [0.2, 0.25) is 0 Å². The van der Waals surface area contributed by atoms with Crippen molar-refractivity contribution in [3.8, 4) is 0 Å². The summed E-state index contributed by atoms with van der Waals surface area (Å²) in [7, 11) is 0. The van der Waals surface area contributed by atoms with E-state index < -0.39 is 0 Å². The summed E-state index contributed by atoms with van der Waals surface area (Å²) in [6.45, 7) is 2.46. The first-order valence-electron chi connectivity index (χ1n) is 6.75. The zero-order valence-electron chi connectivity index (χ0n) is 11.5. The molecule has 0 aliphatic carbocycles. The Bertz CT molecular complexity index is 481. The Labute approximate surface area is 121 Å². The quantitative estimate of drug-likeness (QED) is 0.497. The van der Waals surface area contributed by atoms with Gasteiger partial charge in [-0.3, -0.25) is 4.79 Å². The normalized spacial score (nSPS) is 19.9. The first-order valence-corrected chi connectivity index (χ1v) is 7.63. The van der Waals surface area contributed by atoms with Gasteiger partial charge in [-0.25, -0.2) is 4.98 Å². The van der Waals surface area contributed by atoms with Gasteiger partial charge in [-0.1, -0.05) is 5.16 Å². The van der Waals surface area contributed by atoms with Crippen LogP contribution < -0.4 is 5.32 Å². The number of amides is 1. The molecule has 2 N–H and O–H groups in total. The van der Waals surface area contributed by atoms with E-state index in [2.05, 4.69) is 15.5 Å². The lowest BCUT2D eigenvalue weighted by molar-refractivity contribution is -0.117. The van der Waals surface area contributed by atoms with Crippen LogP contribution in [0.15, 0.2) is 10.5 Å². The summed E-state index contributed by atoms with van der Waals surface area (Å²) in [5.74, 6) is -0.0568. The molecule has 1 aliphatic heterocycles. The molecular weight excluding hydrogens is 278 g/mol. The second-order valence-electron chi connectivity index (χ2n) is 4.80. The van der Waals surface area contributed by atoms with E-state index in [0.717, 1.165) is 25.9 Å². The maximum absolute atomic E-state index is 11.8. The highest BCUT2D eigenvalue weighted by molar-refractivity contribution is 7.14. The number of anilines is 1. The molecule has 0 aromatic carbocycles. The molecule has 6 nitrogen and oxygen atoms in total. The van der Waals surface area contributed by atoms with Crippen molar-refractivity contribution in [1.29, 1.82) is 0 Å². The van der Waals surface area contributed by atoms with E-state index in [0.29, 0.717) is 23.0 Å². The SMILES string of the molecule is CC(=NO)c1csc(NC(=O)CCC2CCCCO2)n1. The van der Waals surface area contributed by atoms with Crippen LogP contribution in [0, 0.1) is 0 Å². The number of thiazole rings is 1. The first-order chi connectivity index (χ1) is 9.69. The van der Waals surface area contributed by atoms with E-state index in [1.165, 1.54) is 17.8 Å². The van der Waals surface area contributed by atoms with Gasteiger partial charge in [0.15, 0.2) is 5.13 Å². The minimum Gasteiger partial charge on any atom is -0.411 e. The molecular formula is C13H19N3O3S. The number of rotatable bonds is 5. The largest absolute Gasteiger partial charge is 0.411 e. The highest BCUT2D eigenvalue weighted by Crippen LogP contribution is 2.19. The molecule has 0 radical (unpaired) electrons. The van der Waals surface area contributed by atoms with Crippen LogP contribution in [0.3, 0.4) is 0 Å². The Morgan fingerprint density at radius 1 is 1.65 bits per heavy atom. The lowest BCUT2D eigenvalue weighted by Crippen LogP contribution is -2.21. The number of hydrogen-bond donors (Lipinski definition) is 2. The summed E-state index contributed by atoms with van der Waals surface area (Å²) < 4.78 is 5.59. The van der Waals surface area contributed by atoms with Crippen molar-refractivity contribution in [1.82, 2.24) is 4.98 Å². The average Bonchev–Trinajstić information content (AvgIpc) is 2.94. The Morgan fingerprint density at radius 3 is 3.20 bits per heavy atom. The molecule has 1 fully saturated rings. The molecule has 1 unspecified atom stereocenters. The Morgan fingerprint density at radius 2 is 2.50 bits per heavy atom. The van der Waals surface area contributed by atoms with Crippen molar-refractivity contribution in [2.24, 2.45) is 5.16 Å². The van der Waals surface area contributed by atoms with Crippen LogP contribution in [0.5, 0.6) is 0 Å². The predicted molar refractivity (Wildman–Crippen MR) is 77.6 cm³/mol. The van der Waals surface area contributed by atoms with Crippen molar-refractivity contribution in [3.05, 3.63) is 11.1 Å². The molecule has 110 valence electrons. The van der Waals surface area contributed by atoms with Gasteiger partial charge in [0.25, 0.3) is 0 Å². The third-order valence-electron chi connectivity index (χ3n) is 3.24. The van der Waals surface area contributed by atoms with Crippen LogP contribution in [0.1, 0.15) is 44.7 Å². The first kappa shape index (κ1) is 14.9. The van der Waals surface area contributed by atoms with Crippen LogP contribution >= 0.6 is 11.3 Å². The Kier molecular flexibility index (Phi) is 5.49. The number of carbonyl (C=O) groups is 1. The zero-order valence-corrected chi connectivity index (χ0v) is 12.3. The van der Waals surface area contributed by atoms with Gasteiger partial charge in [0.05, 0.1) is 6.10 Å². The van der Waals surface area contributed by atoms with E-state index in [9.17, 15) is 4.79 Å². The van der Waals surface area contributed by atoms with Gasteiger partial charge in [-0.15, -0.1) is 11.3 Å². The fourth-order valence-corrected chi connectivity index (χ4v) is 2.83. The number of carbonyl (C=O) groups excluding carboxylic acids is 1. The van der Waals surface area contributed by atoms with Crippen LogP contribution in [-0.2, 0) is 9.53 Å². The smallest absolute Gasteiger partial charge is 0.226 e. The molecule has 0 spiro atoms. The van der Waals surface area contributed by atoms with E-state index in [1.54, 1.807) is 12.3 Å². The standard InChI is InChI=1S/C13H19N3O3S/c1-9(16-18)11-8-20-13(14-11)15-12(17)6-5-10-4-2-3-7-19-10/h8,10,18H,2-7H2,1H3,(H,14,15,17). The van der Waals surface area contributed by atoms with Crippen molar-refractivity contribution in [3.63, 3.8) is 0 Å². The predicted octanol–water partition coefficient (Wildman–Crippen LogP) is 2.63. The average molecular weight is 297 g/mol. The minimum absolute atomic E-state index is 0.0568. The van der Waals surface area contributed by atoms with Crippen molar-refractivity contribution in [2.45, 2.75) is 45.1 Å². The second kappa shape index (κ2) is 7.35. The van der Waals surface area contributed by atoms with Crippen molar-refractivity contribution in [2.75, 3.05) is 11.9 Å². The second-order valence-corrected chi connectivity index (χ2v) is 5.66. The van der Waals surface area contributed by atoms with Crippen LogP contribution in [-0.4, -0.2) is 34.5 Å². The highest BCUT2D eigenvalue weighted by atomic mass is 32.1. The van der Waals surface area contributed by atoms with Gasteiger partial charge in [-0.2, -0.15) is 0 Å². The molecule has 7 heteroatoms. The topological polar surface area (TPSA) is 83.8 Å². The maximum atomic E-state index is 11.8. The highest BCUT2D eigenvalue weighted by Gasteiger charge is 2.16. The summed E-state index contributed by atoms with van der Waals surface area (Å²) in [5, 5.41) is 16.8. The third kappa shape index (κ3) is 4.28. The molecule has 2 heterocycles. The fraction of sp³-hybridized carbons (Fsp3) is 0.615. The van der Waals surface area contributed by atoms with Gasteiger partial charge in [0, 0.05) is 18.4 Å². The number of aromatic nitrogens is 1. The zero-order chi connectivity index (χ0) is 14.4. The van der Waals surface area contributed by atoms with Gasteiger partial charge >= 0.3 is 0 Å². The summed E-state index contributed by atoms with van der Waals surface area (Å²) >= 11 is 1.32. The van der Waals surface area contributed by atoms with Crippen LogP contribution in [0.25, 0.3) is 0 Å². The lowest BCUT2D eigenvalue weighted by Gasteiger charge is -2.21. The molecule has 1 aliphatic rings. The van der Waals surface area contributed by atoms with E-state index in [1.807, 2.05) is 0 Å². The number of hydrogen-bond acceptors (Lipinski definition) is 6. The summed E-state index contributed by atoms with van der Waals surface area (Å²) in [4.78, 5) is 16.0. The fourth-order valence-electron chi connectivity index (χ4n) is 2.06. The van der Waals surface area contributed by atoms with Gasteiger partial charge in [-0.05, 0) is 32.6 Å². The molecule has 20 heavy (non-hydrogen) atoms. The Hall–Kier alpha value is -1.47. The molecule has 1 saturated heterocycles. The molecule has 1 aromatic rings. The molecule has 1 aromatic heterocycles. The van der Waals surface area contributed by atoms with E-state index >= 15 is 0 Å². The van der Waals surface area contributed by atoms with Crippen molar-refractivity contribution < 1.29 is 14.7 Å². The Balaban J connectivity index is 1.77. The van der Waals surface area contributed by atoms with E-state index in [4.69, 9.17) is 9.94 Å². The van der Waals surface area contributed by atoms with E-state index in [-0.39, 0.29) is 12.0 Å². The van der Waals surface area contributed by atoms with Gasteiger partial charge < -0.3 is 15.3 Å². The number of nitrogens with one attached hydrogen (secondary N) is 1. The summed E-state index contributed by atoms with van der Waals surface area (Å²) in [6, 6.07) is 0. The number of ether oxygens (including phenoxy) is 1. The molecule has 0 saturated carbocycles. The van der Waals surface area contributed by atoms with Crippen molar-refractivity contribution >= 4 is 28.1 Å². The third-order valence-corrected chi connectivity index (χ3v) is 4.00. The molecule has 1 atom stereocenters. The lowest BCUT2D eigenvalue weighted by atomic mass is 10.0. The summed E-state index contributed by atoms with van der Waals surface area (Å²) in [6.07, 6.45) is 4.75. The van der Waals surface area contributed by atoms with Gasteiger partial charge in [0.1, 0.15) is 11.4 Å². The monoisotopic (exact) mass is 297 g/mol. The minimum atomic E-state index is -0.0568. The molecule has 0 bridgehead atoms. The molecule has 1 amide bonds. The number of nitrogens with zero attached hydrogens (tertiary/aromatic N) is 2. The van der Waals surface area contributed by atoms with Gasteiger partial charge in [0.2, 0.25) is 5.91 Å². The summed E-state index contributed by atoms with van der Waals surface area (Å²) in [5.41, 5.74) is 1.00. The maximum Gasteiger partial charge on any atom is 0.226 e.